The molecule has 28 heavy (non-hydrogen) atoms. The normalized spacial score (nSPS) is 11.7. The number of hydrogen-bond acceptors (Lipinski definition) is 5. The highest BCUT2D eigenvalue weighted by atomic mass is 16.5. The summed E-state index contributed by atoms with van der Waals surface area (Å²) in [6.07, 6.45) is 0.869. The molecule has 0 radical (unpaired) electrons. The van der Waals surface area contributed by atoms with Crippen molar-refractivity contribution in [3.63, 3.8) is 0 Å². The summed E-state index contributed by atoms with van der Waals surface area (Å²) in [4.78, 5) is 18.6. The highest BCUT2D eigenvalue weighted by Crippen LogP contribution is 2.26. The van der Waals surface area contributed by atoms with Gasteiger partial charge in [-0.25, -0.2) is 4.79 Å². The quantitative estimate of drug-likeness (QED) is 0.664. The summed E-state index contributed by atoms with van der Waals surface area (Å²) < 4.78 is 5.45. The second-order valence-electron chi connectivity index (χ2n) is 6.86. The molecule has 0 spiro atoms. The van der Waals surface area contributed by atoms with Gasteiger partial charge in [-0.1, -0.05) is 30.3 Å². The van der Waals surface area contributed by atoms with Crippen molar-refractivity contribution < 1.29 is 9.32 Å². The third-order valence-corrected chi connectivity index (χ3v) is 4.40. The van der Waals surface area contributed by atoms with Gasteiger partial charge in [0.05, 0.1) is 0 Å². The van der Waals surface area contributed by atoms with Crippen molar-refractivity contribution in [2.24, 2.45) is 0 Å². The van der Waals surface area contributed by atoms with Crippen LogP contribution in [0.25, 0.3) is 22.8 Å². The summed E-state index contributed by atoms with van der Waals surface area (Å²) >= 11 is 0. The van der Waals surface area contributed by atoms with Crippen molar-refractivity contribution in [2.75, 3.05) is 24.3 Å². The van der Waals surface area contributed by atoms with Gasteiger partial charge in [0.25, 0.3) is 5.89 Å². The van der Waals surface area contributed by atoms with Crippen LogP contribution in [0.5, 0.6) is 0 Å². The standard InChI is InChI=1S/C21H25N5O2/c1-5-14(2)22-21(27)23-17-10-6-8-15(12-17)19-24-20(28-25-19)16-9-7-11-18(13-16)26(3)4/h6-14H,5H2,1-4H3,(H2,22,23,27)/t14-/m0/s1. The van der Waals surface area contributed by atoms with Crippen LogP contribution in [-0.4, -0.2) is 36.3 Å². The van der Waals surface area contributed by atoms with E-state index in [2.05, 4.69) is 20.8 Å². The monoisotopic (exact) mass is 379 g/mol. The van der Waals surface area contributed by atoms with E-state index in [1.165, 1.54) is 0 Å². The number of aromatic nitrogens is 2. The van der Waals surface area contributed by atoms with Crippen molar-refractivity contribution in [1.82, 2.24) is 15.5 Å². The van der Waals surface area contributed by atoms with Crippen molar-refractivity contribution >= 4 is 17.4 Å². The molecule has 1 aromatic heterocycles. The van der Waals surface area contributed by atoms with Crippen molar-refractivity contribution in [3.8, 4) is 22.8 Å². The number of nitrogens with zero attached hydrogens (tertiary/aromatic N) is 3. The van der Waals surface area contributed by atoms with Crippen LogP contribution in [0.15, 0.2) is 53.1 Å². The first kappa shape index (κ1) is 19.4. The predicted molar refractivity (Wildman–Crippen MR) is 111 cm³/mol. The third kappa shape index (κ3) is 4.68. The topological polar surface area (TPSA) is 83.3 Å². The number of rotatable bonds is 6. The number of urea groups is 1. The van der Waals surface area contributed by atoms with Crippen LogP contribution in [0.1, 0.15) is 20.3 Å². The molecule has 3 rings (SSSR count). The molecule has 2 aromatic carbocycles. The molecule has 2 N–H and O–H groups in total. The molecule has 0 bridgehead atoms. The Morgan fingerprint density at radius 3 is 2.64 bits per heavy atom. The molecular weight excluding hydrogens is 354 g/mol. The van der Waals surface area contributed by atoms with Crippen molar-refractivity contribution in [3.05, 3.63) is 48.5 Å². The third-order valence-electron chi connectivity index (χ3n) is 4.40. The summed E-state index contributed by atoms with van der Waals surface area (Å²) in [5.41, 5.74) is 3.34. The van der Waals surface area contributed by atoms with Crippen LogP contribution in [0.3, 0.4) is 0 Å². The van der Waals surface area contributed by atoms with Crippen LogP contribution in [0.2, 0.25) is 0 Å². The maximum Gasteiger partial charge on any atom is 0.319 e. The lowest BCUT2D eigenvalue weighted by Crippen LogP contribution is -2.35. The van der Waals surface area contributed by atoms with Crippen LogP contribution < -0.4 is 15.5 Å². The molecule has 0 saturated heterocycles. The van der Waals surface area contributed by atoms with E-state index in [-0.39, 0.29) is 12.1 Å². The molecule has 3 aromatic rings. The Balaban J connectivity index is 1.78. The number of nitrogens with one attached hydrogen (secondary N) is 2. The van der Waals surface area contributed by atoms with E-state index in [0.29, 0.717) is 17.4 Å². The predicted octanol–water partition coefficient (Wildman–Crippen LogP) is 4.39. The fourth-order valence-electron chi connectivity index (χ4n) is 2.60. The maximum atomic E-state index is 12.0. The van der Waals surface area contributed by atoms with Gasteiger partial charge >= 0.3 is 6.03 Å². The van der Waals surface area contributed by atoms with E-state index in [0.717, 1.165) is 23.2 Å². The molecule has 0 aliphatic rings. The molecule has 7 heteroatoms. The van der Waals surface area contributed by atoms with Gasteiger partial charge in [0.1, 0.15) is 0 Å². The molecule has 2 amide bonds. The first-order valence-corrected chi connectivity index (χ1v) is 9.25. The molecule has 1 atom stereocenters. The Labute approximate surface area is 164 Å². The van der Waals surface area contributed by atoms with Crippen LogP contribution in [0, 0.1) is 0 Å². The number of carbonyl (C=O) groups excluding carboxylic acids is 1. The lowest BCUT2D eigenvalue weighted by atomic mass is 10.1. The van der Waals surface area contributed by atoms with Gasteiger partial charge in [-0.15, -0.1) is 0 Å². The summed E-state index contributed by atoms with van der Waals surface area (Å²) in [5, 5.41) is 9.80. The minimum atomic E-state index is -0.235. The molecule has 7 nitrogen and oxygen atoms in total. The van der Waals surface area contributed by atoms with E-state index in [1.54, 1.807) is 0 Å². The van der Waals surface area contributed by atoms with E-state index < -0.39 is 0 Å². The van der Waals surface area contributed by atoms with Gasteiger partial charge in [-0.2, -0.15) is 4.98 Å². The Kier molecular flexibility index (Phi) is 5.93. The van der Waals surface area contributed by atoms with Crippen LogP contribution in [-0.2, 0) is 0 Å². The van der Waals surface area contributed by atoms with Crippen molar-refractivity contribution in [2.45, 2.75) is 26.3 Å². The SMILES string of the molecule is CC[C@H](C)NC(=O)Nc1cccc(-c2noc(-c3cccc(N(C)C)c3)n2)c1. The molecular formula is C21H25N5O2. The first-order chi connectivity index (χ1) is 13.5. The zero-order valence-electron chi connectivity index (χ0n) is 16.6. The van der Waals surface area contributed by atoms with E-state index >= 15 is 0 Å². The highest BCUT2D eigenvalue weighted by molar-refractivity contribution is 5.90. The highest BCUT2D eigenvalue weighted by Gasteiger charge is 2.13. The zero-order valence-corrected chi connectivity index (χ0v) is 16.6. The summed E-state index contributed by atoms with van der Waals surface area (Å²) in [7, 11) is 3.96. The van der Waals surface area contributed by atoms with Gasteiger partial charge in [0, 0.05) is 42.6 Å². The molecule has 0 fully saturated rings. The van der Waals surface area contributed by atoms with Gasteiger partial charge < -0.3 is 20.1 Å². The largest absolute Gasteiger partial charge is 0.378 e. The van der Waals surface area contributed by atoms with Gasteiger partial charge in [0.2, 0.25) is 5.82 Å². The Bertz CT molecular complexity index is 951. The summed E-state index contributed by atoms with van der Waals surface area (Å²) in [5.74, 6) is 0.919. The lowest BCUT2D eigenvalue weighted by molar-refractivity contribution is 0.249. The van der Waals surface area contributed by atoms with E-state index in [4.69, 9.17) is 4.52 Å². The Morgan fingerprint density at radius 2 is 1.89 bits per heavy atom. The summed E-state index contributed by atoms with van der Waals surface area (Å²) in [6.45, 7) is 3.98. The van der Waals surface area contributed by atoms with Gasteiger partial charge in [0.15, 0.2) is 0 Å². The molecule has 0 aliphatic heterocycles. The summed E-state index contributed by atoms with van der Waals surface area (Å²) in [6, 6.07) is 15.1. The second-order valence-corrected chi connectivity index (χ2v) is 6.86. The molecule has 0 saturated carbocycles. The van der Waals surface area contributed by atoms with Crippen molar-refractivity contribution in [1.29, 1.82) is 0 Å². The molecule has 1 heterocycles. The Morgan fingerprint density at radius 1 is 1.14 bits per heavy atom. The minimum absolute atomic E-state index is 0.112. The minimum Gasteiger partial charge on any atom is -0.378 e. The maximum absolute atomic E-state index is 12.0. The first-order valence-electron chi connectivity index (χ1n) is 9.25. The molecule has 0 aliphatic carbocycles. The average Bonchev–Trinajstić information content (AvgIpc) is 3.18. The molecule has 0 unspecified atom stereocenters. The average molecular weight is 379 g/mol. The number of anilines is 2. The Hall–Kier alpha value is -3.35. The van der Waals surface area contributed by atoms with E-state index in [1.807, 2.05) is 81.4 Å². The van der Waals surface area contributed by atoms with Crippen LogP contribution >= 0.6 is 0 Å². The number of hydrogen-bond donors (Lipinski definition) is 2. The fraction of sp³-hybridized carbons (Fsp3) is 0.286. The van der Waals surface area contributed by atoms with E-state index in [9.17, 15) is 4.79 Å². The number of amides is 2. The molecule has 146 valence electrons. The van der Waals surface area contributed by atoms with Crippen LogP contribution in [0.4, 0.5) is 16.2 Å². The number of carbonyl (C=O) groups is 1. The zero-order chi connectivity index (χ0) is 20.1. The van der Waals surface area contributed by atoms with Gasteiger partial charge in [-0.05, 0) is 43.7 Å². The number of benzene rings is 2. The van der Waals surface area contributed by atoms with Gasteiger partial charge in [-0.3, -0.25) is 0 Å². The second kappa shape index (κ2) is 8.56. The lowest BCUT2D eigenvalue weighted by Gasteiger charge is -2.12. The smallest absolute Gasteiger partial charge is 0.319 e. The fourth-order valence-corrected chi connectivity index (χ4v) is 2.60.